The number of carbonyl (C=O) groups is 1. The van der Waals surface area contributed by atoms with Gasteiger partial charge in [-0.2, -0.15) is 0 Å². The van der Waals surface area contributed by atoms with Crippen molar-refractivity contribution in [2.45, 2.75) is 42.2 Å². The van der Waals surface area contributed by atoms with Gasteiger partial charge >= 0.3 is 0 Å². The summed E-state index contributed by atoms with van der Waals surface area (Å²) in [6.07, 6.45) is 5.56. The van der Waals surface area contributed by atoms with Crippen LogP contribution in [0.5, 0.6) is 0 Å². The summed E-state index contributed by atoms with van der Waals surface area (Å²) in [5, 5.41) is 4.53. The maximum absolute atomic E-state index is 12.7. The first-order valence-corrected chi connectivity index (χ1v) is 13.1. The number of anilines is 1. The molecule has 1 saturated carbocycles. The summed E-state index contributed by atoms with van der Waals surface area (Å²) in [6.45, 7) is 0. The highest BCUT2D eigenvalue weighted by Gasteiger charge is 2.30. The molecule has 0 spiro atoms. The highest BCUT2D eigenvalue weighted by molar-refractivity contribution is 7.92. The number of fused-ring (bicyclic) bond motifs is 1. The number of thiazole rings is 1. The number of sulfone groups is 1. The molecule has 164 valence electrons. The van der Waals surface area contributed by atoms with Gasteiger partial charge in [-0.3, -0.25) is 9.20 Å². The van der Waals surface area contributed by atoms with Crippen molar-refractivity contribution in [1.29, 1.82) is 0 Å². The normalized spacial score (nSPS) is 14.8. The maximum atomic E-state index is 12.7. The van der Waals surface area contributed by atoms with Crippen LogP contribution in [-0.2, 0) is 21.1 Å². The summed E-state index contributed by atoms with van der Waals surface area (Å²) >= 11 is 1.50. The Hall–Kier alpha value is -2.97. The van der Waals surface area contributed by atoms with Crippen molar-refractivity contribution in [2.24, 2.45) is 0 Å². The Labute approximate surface area is 190 Å². The summed E-state index contributed by atoms with van der Waals surface area (Å²) in [5.41, 5.74) is 3.35. The highest BCUT2D eigenvalue weighted by Crippen LogP contribution is 2.30. The minimum Gasteiger partial charge on any atom is -0.326 e. The fraction of sp³-hybridized carbons (Fsp3) is 0.250. The first-order chi connectivity index (χ1) is 15.5. The van der Waals surface area contributed by atoms with Gasteiger partial charge in [0.15, 0.2) is 14.8 Å². The van der Waals surface area contributed by atoms with Crippen LogP contribution in [0.3, 0.4) is 0 Å². The van der Waals surface area contributed by atoms with Crippen molar-refractivity contribution < 1.29 is 13.2 Å². The van der Waals surface area contributed by atoms with Crippen LogP contribution in [0.1, 0.15) is 31.4 Å². The lowest BCUT2D eigenvalue weighted by atomic mass is 10.2. The van der Waals surface area contributed by atoms with Crippen molar-refractivity contribution >= 4 is 37.7 Å². The molecule has 6 nitrogen and oxygen atoms in total. The van der Waals surface area contributed by atoms with Gasteiger partial charge in [0.05, 0.1) is 22.3 Å². The molecule has 0 saturated heterocycles. The van der Waals surface area contributed by atoms with Crippen molar-refractivity contribution in [2.75, 3.05) is 5.32 Å². The third kappa shape index (κ3) is 4.08. The number of nitrogens with zero attached hydrogens (tertiary/aromatic N) is 2. The molecule has 1 amide bonds. The van der Waals surface area contributed by atoms with Gasteiger partial charge in [-0.05, 0) is 37.1 Å². The number of nitrogens with one attached hydrogen (secondary N) is 1. The van der Waals surface area contributed by atoms with E-state index in [1.165, 1.54) is 11.3 Å². The van der Waals surface area contributed by atoms with Crippen LogP contribution in [0.2, 0.25) is 0 Å². The molecule has 2 aromatic carbocycles. The van der Waals surface area contributed by atoms with Crippen LogP contribution in [0, 0.1) is 0 Å². The highest BCUT2D eigenvalue weighted by atomic mass is 32.2. The zero-order valence-corrected chi connectivity index (χ0v) is 19.0. The lowest BCUT2D eigenvalue weighted by Crippen LogP contribution is -2.18. The topological polar surface area (TPSA) is 80.5 Å². The second kappa shape index (κ2) is 8.52. The third-order valence-corrected chi connectivity index (χ3v) is 9.07. The van der Waals surface area contributed by atoms with E-state index in [-0.39, 0.29) is 17.6 Å². The first-order valence-electron chi connectivity index (χ1n) is 10.7. The van der Waals surface area contributed by atoms with E-state index in [0.717, 1.165) is 47.6 Å². The Bertz CT molecular complexity index is 1350. The lowest BCUT2D eigenvalue weighted by Gasteiger charge is -2.12. The van der Waals surface area contributed by atoms with E-state index < -0.39 is 9.84 Å². The second-order valence-corrected chi connectivity index (χ2v) is 11.1. The molecule has 5 rings (SSSR count). The maximum Gasteiger partial charge on any atom is 0.230 e. The number of benzene rings is 2. The number of carbonyl (C=O) groups excluding carboxylic acids is 1. The molecular weight excluding hydrogens is 442 g/mol. The zero-order valence-electron chi connectivity index (χ0n) is 17.4. The zero-order chi connectivity index (χ0) is 22.1. The Balaban J connectivity index is 1.28. The van der Waals surface area contributed by atoms with Crippen molar-refractivity contribution in [3.8, 4) is 11.3 Å². The van der Waals surface area contributed by atoms with Crippen molar-refractivity contribution in [1.82, 2.24) is 9.38 Å². The SMILES string of the molecule is O=C(Cc1csc2nc(-c3ccccc3)cn12)Nc1ccc(S(=O)(=O)C2CCCC2)cc1. The molecule has 0 unspecified atom stereocenters. The Morgan fingerprint density at radius 3 is 2.50 bits per heavy atom. The molecule has 1 fully saturated rings. The minimum absolute atomic E-state index is 0.161. The minimum atomic E-state index is -3.29. The van der Waals surface area contributed by atoms with Gasteiger partial charge in [-0.1, -0.05) is 43.2 Å². The van der Waals surface area contributed by atoms with E-state index in [9.17, 15) is 13.2 Å². The van der Waals surface area contributed by atoms with Gasteiger partial charge in [0, 0.05) is 28.5 Å². The number of hydrogen-bond donors (Lipinski definition) is 1. The van der Waals surface area contributed by atoms with Gasteiger partial charge in [-0.25, -0.2) is 13.4 Å². The Morgan fingerprint density at radius 2 is 1.78 bits per heavy atom. The van der Waals surface area contributed by atoms with Crippen LogP contribution in [0.4, 0.5) is 5.69 Å². The Kier molecular flexibility index (Phi) is 5.57. The average molecular weight is 466 g/mol. The molecule has 4 aromatic rings. The molecule has 0 aliphatic heterocycles. The fourth-order valence-electron chi connectivity index (χ4n) is 4.19. The van der Waals surface area contributed by atoms with E-state index in [1.54, 1.807) is 24.3 Å². The van der Waals surface area contributed by atoms with Gasteiger partial charge in [0.1, 0.15) is 0 Å². The number of rotatable bonds is 6. The van der Waals surface area contributed by atoms with Crippen LogP contribution < -0.4 is 5.32 Å². The number of hydrogen-bond acceptors (Lipinski definition) is 5. The molecule has 8 heteroatoms. The monoisotopic (exact) mass is 465 g/mol. The summed E-state index contributed by atoms with van der Waals surface area (Å²) < 4.78 is 27.4. The second-order valence-electron chi connectivity index (χ2n) is 8.07. The smallest absolute Gasteiger partial charge is 0.230 e. The summed E-state index contributed by atoms with van der Waals surface area (Å²) in [6, 6.07) is 16.4. The molecule has 2 aromatic heterocycles. The molecule has 0 bridgehead atoms. The molecule has 1 aliphatic carbocycles. The molecule has 1 aliphatic rings. The number of imidazole rings is 1. The van der Waals surface area contributed by atoms with E-state index in [4.69, 9.17) is 0 Å². The summed E-state index contributed by atoms with van der Waals surface area (Å²) in [7, 11) is -3.29. The van der Waals surface area contributed by atoms with Crippen LogP contribution >= 0.6 is 11.3 Å². The van der Waals surface area contributed by atoms with Crippen LogP contribution in [-0.4, -0.2) is 29.0 Å². The molecule has 2 heterocycles. The largest absolute Gasteiger partial charge is 0.326 e. The lowest BCUT2D eigenvalue weighted by molar-refractivity contribution is -0.115. The van der Waals surface area contributed by atoms with Gasteiger partial charge in [0.2, 0.25) is 5.91 Å². The van der Waals surface area contributed by atoms with Crippen molar-refractivity contribution in [3.05, 3.63) is 71.9 Å². The van der Waals surface area contributed by atoms with E-state index in [0.29, 0.717) is 10.6 Å². The molecule has 0 radical (unpaired) electrons. The van der Waals surface area contributed by atoms with Gasteiger partial charge in [0.25, 0.3) is 0 Å². The first kappa shape index (κ1) is 20.9. The van der Waals surface area contributed by atoms with Crippen LogP contribution in [0.25, 0.3) is 16.2 Å². The number of amides is 1. The Morgan fingerprint density at radius 1 is 1.06 bits per heavy atom. The van der Waals surface area contributed by atoms with E-state index >= 15 is 0 Å². The predicted molar refractivity (Wildman–Crippen MR) is 127 cm³/mol. The molecule has 0 atom stereocenters. The van der Waals surface area contributed by atoms with Crippen LogP contribution in [0.15, 0.2) is 71.1 Å². The van der Waals surface area contributed by atoms with Gasteiger partial charge in [-0.15, -0.1) is 11.3 Å². The standard InChI is InChI=1S/C24H23N3O3S2/c28-23(25-18-10-12-21(13-11-18)32(29,30)20-8-4-5-9-20)14-19-16-31-24-26-22(15-27(19)24)17-6-2-1-3-7-17/h1-3,6-7,10-13,15-16,20H,4-5,8-9,14H2,(H,25,28). The quantitative estimate of drug-likeness (QED) is 0.436. The molecular formula is C24H23N3O3S2. The fourth-order valence-corrected chi connectivity index (χ4v) is 6.92. The molecule has 1 N–H and O–H groups in total. The number of aromatic nitrogens is 2. The van der Waals surface area contributed by atoms with E-state index in [2.05, 4.69) is 10.3 Å². The third-order valence-electron chi connectivity index (χ3n) is 5.90. The summed E-state index contributed by atoms with van der Waals surface area (Å²) in [5.74, 6) is -0.161. The van der Waals surface area contributed by atoms with Crippen molar-refractivity contribution in [3.63, 3.8) is 0 Å². The molecule has 32 heavy (non-hydrogen) atoms. The van der Waals surface area contributed by atoms with Gasteiger partial charge < -0.3 is 5.32 Å². The van der Waals surface area contributed by atoms with E-state index in [1.807, 2.05) is 46.3 Å². The average Bonchev–Trinajstić information content (AvgIpc) is 3.54. The summed E-state index contributed by atoms with van der Waals surface area (Å²) in [4.78, 5) is 18.5. The predicted octanol–water partition coefficient (Wildman–Crippen LogP) is 4.96.